The van der Waals surface area contributed by atoms with Gasteiger partial charge in [0.05, 0.1) is 13.1 Å². The van der Waals surface area contributed by atoms with Crippen LogP contribution in [-0.4, -0.2) is 63.4 Å². The van der Waals surface area contributed by atoms with Gasteiger partial charge in [0.15, 0.2) is 0 Å². The topological polar surface area (TPSA) is 82.4 Å². The minimum absolute atomic E-state index is 0.0840. The van der Waals surface area contributed by atoms with E-state index in [9.17, 15) is 4.79 Å². The number of benzene rings is 1. The third-order valence-electron chi connectivity index (χ3n) is 4.82. The van der Waals surface area contributed by atoms with Gasteiger partial charge in [0.2, 0.25) is 5.91 Å². The molecule has 2 aromatic rings. The average Bonchev–Trinajstić information content (AvgIpc) is 3.10. The van der Waals surface area contributed by atoms with E-state index < -0.39 is 5.60 Å². The fraction of sp³-hybridized carbons (Fsp3) is 0.556. The monoisotopic (exact) mass is 359 g/mol. The zero-order valence-corrected chi connectivity index (χ0v) is 15.3. The lowest BCUT2D eigenvalue weighted by Gasteiger charge is -2.41. The molecule has 1 aliphatic heterocycles. The van der Waals surface area contributed by atoms with Crippen LogP contribution in [0.25, 0.3) is 0 Å². The van der Waals surface area contributed by atoms with Crippen LogP contribution in [0, 0.1) is 6.92 Å². The largest absolute Gasteiger partial charge is 0.491 e. The van der Waals surface area contributed by atoms with Gasteiger partial charge in [-0.25, -0.2) is 4.68 Å². The first-order chi connectivity index (χ1) is 12.6. The molecule has 0 aliphatic carbocycles. The molecule has 0 N–H and O–H groups in total. The lowest BCUT2D eigenvalue weighted by Crippen LogP contribution is -2.54. The number of nitrogens with zero attached hydrogens (tertiary/aromatic N) is 5. The van der Waals surface area contributed by atoms with Gasteiger partial charge in [-0.2, -0.15) is 0 Å². The minimum Gasteiger partial charge on any atom is -0.491 e. The van der Waals surface area contributed by atoms with Gasteiger partial charge in [-0.15, -0.1) is 5.10 Å². The summed E-state index contributed by atoms with van der Waals surface area (Å²) < 4.78 is 13.3. The van der Waals surface area contributed by atoms with E-state index in [0.29, 0.717) is 31.9 Å². The van der Waals surface area contributed by atoms with Gasteiger partial charge in [-0.1, -0.05) is 18.2 Å². The van der Waals surface area contributed by atoms with E-state index in [1.54, 1.807) is 11.8 Å². The zero-order valence-electron chi connectivity index (χ0n) is 15.3. The predicted molar refractivity (Wildman–Crippen MR) is 94.7 cm³/mol. The quantitative estimate of drug-likeness (QED) is 0.744. The number of methoxy groups -OCH3 is 1. The van der Waals surface area contributed by atoms with E-state index >= 15 is 0 Å². The summed E-state index contributed by atoms with van der Waals surface area (Å²) in [5.41, 5.74) is -0.478. The molecular weight excluding hydrogens is 334 g/mol. The molecule has 1 saturated heterocycles. The Kier molecular flexibility index (Phi) is 5.82. The van der Waals surface area contributed by atoms with E-state index in [2.05, 4.69) is 15.5 Å². The maximum Gasteiger partial charge on any atom is 0.224 e. The number of para-hydroxylation sites is 1. The van der Waals surface area contributed by atoms with E-state index in [4.69, 9.17) is 9.47 Å². The van der Waals surface area contributed by atoms with Crippen LogP contribution in [-0.2, 0) is 16.1 Å². The lowest BCUT2D eigenvalue weighted by molar-refractivity contribution is -0.143. The zero-order chi connectivity index (χ0) is 18.4. The Hall–Kier alpha value is -2.48. The molecule has 1 aliphatic rings. The lowest BCUT2D eigenvalue weighted by atomic mass is 9.93. The molecule has 8 nitrogen and oxygen atoms in total. The van der Waals surface area contributed by atoms with E-state index in [-0.39, 0.29) is 5.91 Å². The second-order valence-electron chi connectivity index (χ2n) is 6.61. The Labute approximate surface area is 153 Å². The highest BCUT2D eigenvalue weighted by Gasteiger charge is 2.38. The summed E-state index contributed by atoms with van der Waals surface area (Å²) in [5.74, 6) is 1.60. The summed E-state index contributed by atoms with van der Waals surface area (Å²) >= 11 is 0. The molecule has 26 heavy (non-hydrogen) atoms. The molecule has 1 aromatic carbocycles. The van der Waals surface area contributed by atoms with E-state index in [0.717, 1.165) is 25.1 Å². The number of hydrogen-bond acceptors (Lipinski definition) is 6. The molecule has 140 valence electrons. The molecule has 8 heteroatoms. The number of carbonyl (C=O) groups excluding carboxylic acids is 1. The van der Waals surface area contributed by atoms with Crippen molar-refractivity contribution in [3.63, 3.8) is 0 Å². The summed E-state index contributed by atoms with van der Waals surface area (Å²) in [6.45, 7) is 3.99. The van der Waals surface area contributed by atoms with Crippen molar-refractivity contribution in [3.05, 3.63) is 36.2 Å². The predicted octanol–water partition coefficient (Wildman–Crippen LogP) is 1.46. The standard InChI is InChI=1S/C18H25N5O3/c1-15-19-20-21-23(15)12-9-17(24)22-11-6-10-18(13-22,25-2)14-26-16-7-4-3-5-8-16/h3-5,7-8H,6,9-14H2,1-2H3/t18-/m1/s1. The summed E-state index contributed by atoms with van der Waals surface area (Å²) in [6.07, 6.45) is 2.12. The number of amides is 1. The summed E-state index contributed by atoms with van der Waals surface area (Å²) in [6, 6.07) is 9.67. The molecule has 1 aromatic heterocycles. The molecule has 0 spiro atoms. The number of ether oxygens (including phenoxy) is 2. The fourth-order valence-corrected chi connectivity index (χ4v) is 3.20. The maximum absolute atomic E-state index is 12.6. The van der Waals surface area contributed by atoms with Gasteiger partial charge >= 0.3 is 0 Å². The van der Waals surface area contributed by atoms with Crippen molar-refractivity contribution in [1.29, 1.82) is 0 Å². The molecule has 1 amide bonds. The van der Waals surface area contributed by atoms with E-state index in [1.807, 2.05) is 42.2 Å². The van der Waals surface area contributed by atoms with Crippen LogP contribution in [0.15, 0.2) is 30.3 Å². The Morgan fingerprint density at radius 3 is 2.81 bits per heavy atom. The number of tetrazole rings is 1. The van der Waals surface area contributed by atoms with Crippen LogP contribution in [0.1, 0.15) is 25.1 Å². The van der Waals surface area contributed by atoms with Crippen molar-refractivity contribution in [2.75, 3.05) is 26.8 Å². The number of aromatic nitrogens is 4. The number of hydrogen-bond donors (Lipinski definition) is 0. The number of carbonyl (C=O) groups is 1. The van der Waals surface area contributed by atoms with Crippen molar-refractivity contribution in [3.8, 4) is 5.75 Å². The molecule has 1 fully saturated rings. The first-order valence-electron chi connectivity index (χ1n) is 8.85. The Bertz CT molecular complexity index is 721. The van der Waals surface area contributed by atoms with Gasteiger partial charge in [0, 0.05) is 20.1 Å². The number of aryl methyl sites for hydroxylation is 2. The van der Waals surface area contributed by atoms with Crippen molar-refractivity contribution in [2.45, 2.75) is 38.3 Å². The van der Waals surface area contributed by atoms with Crippen LogP contribution in [0.3, 0.4) is 0 Å². The molecule has 0 bridgehead atoms. The third-order valence-corrected chi connectivity index (χ3v) is 4.82. The highest BCUT2D eigenvalue weighted by Crippen LogP contribution is 2.26. The van der Waals surface area contributed by atoms with Gasteiger partial charge in [0.25, 0.3) is 0 Å². The molecule has 0 unspecified atom stereocenters. The first kappa shape index (κ1) is 18.3. The highest BCUT2D eigenvalue weighted by atomic mass is 16.5. The Morgan fingerprint density at radius 1 is 1.31 bits per heavy atom. The smallest absolute Gasteiger partial charge is 0.224 e. The fourth-order valence-electron chi connectivity index (χ4n) is 3.20. The van der Waals surface area contributed by atoms with Crippen molar-refractivity contribution >= 4 is 5.91 Å². The van der Waals surface area contributed by atoms with Gasteiger partial charge in [-0.05, 0) is 42.3 Å². The van der Waals surface area contributed by atoms with Gasteiger partial charge in [-0.3, -0.25) is 4.79 Å². The third kappa shape index (κ3) is 4.37. The first-order valence-corrected chi connectivity index (χ1v) is 8.85. The number of rotatable bonds is 7. The SMILES string of the molecule is CO[C@]1(COc2ccccc2)CCCN(C(=O)CCn2nnnc2C)C1. The molecule has 2 heterocycles. The van der Waals surface area contributed by atoms with Crippen molar-refractivity contribution < 1.29 is 14.3 Å². The van der Waals surface area contributed by atoms with Crippen LogP contribution < -0.4 is 4.74 Å². The second kappa shape index (κ2) is 8.27. The Balaban J connectivity index is 1.57. The second-order valence-corrected chi connectivity index (χ2v) is 6.61. The molecular formula is C18H25N5O3. The summed E-state index contributed by atoms with van der Waals surface area (Å²) in [5, 5.41) is 11.3. The van der Waals surface area contributed by atoms with Crippen LogP contribution in [0.2, 0.25) is 0 Å². The molecule has 1 atom stereocenters. The van der Waals surface area contributed by atoms with Crippen LogP contribution in [0.5, 0.6) is 5.75 Å². The summed E-state index contributed by atoms with van der Waals surface area (Å²) in [7, 11) is 1.69. The number of piperidine rings is 1. The van der Waals surface area contributed by atoms with Crippen LogP contribution >= 0.6 is 0 Å². The average molecular weight is 359 g/mol. The Morgan fingerprint density at radius 2 is 2.12 bits per heavy atom. The van der Waals surface area contributed by atoms with Crippen LogP contribution in [0.4, 0.5) is 0 Å². The summed E-state index contributed by atoms with van der Waals surface area (Å²) in [4.78, 5) is 14.5. The van der Waals surface area contributed by atoms with Gasteiger partial charge < -0.3 is 14.4 Å². The molecule has 0 saturated carbocycles. The maximum atomic E-state index is 12.6. The van der Waals surface area contributed by atoms with Crippen molar-refractivity contribution in [1.82, 2.24) is 25.1 Å². The normalized spacial score (nSPS) is 20.2. The molecule has 0 radical (unpaired) electrons. The highest BCUT2D eigenvalue weighted by molar-refractivity contribution is 5.76. The minimum atomic E-state index is -0.478. The van der Waals surface area contributed by atoms with E-state index in [1.165, 1.54) is 0 Å². The van der Waals surface area contributed by atoms with Crippen molar-refractivity contribution in [2.24, 2.45) is 0 Å². The number of likely N-dealkylation sites (tertiary alicyclic amines) is 1. The van der Waals surface area contributed by atoms with Gasteiger partial charge in [0.1, 0.15) is 23.8 Å². The molecule has 3 rings (SSSR count).